The van der Waals surface area contributed by atoms with Crippen LogP contribution in [0.2, 0.25) is 0 Å². The van der Waals surface area contributed by atoms with Crippen LogP contribution in [0.1, 0.15) is 17.4 Å². The molecule has 0 saturated carbocycles. The van der Waals surface area contributed by atoms with Crippen LogP contribution in [-0.2, 0) is 13.0 Å². The van der Waals surface area contributed by atoms with Crippen LogP contribution >= 0.6 is 35.3 Å². The number of benzene rings is 1. The summed E-state index contributed by atoms with van der Waals surface area (Å²) in [6.45, 7) is 4.09. The molecule has 0 aliphatic carbocycles. The molecule has 0 radical (unpaired) electrons. The predicted octanol–water partition coefficient (Wildman–Crippen LogP) is 3.57. The number of guanidine groups is 1. The van der Waals surface area contributed by atoms with Crippen molar-refractivity contribution < 1.29 is 4.92 Å². The summed E-state index contributed by atoms with van der Waals surface area (Å²) in [5.74, 6) is 0.752. The van der Waals surface area contributed by atoms with E-state index in [0.29, 0.717) is 6.54 Å². The third kappa shape index (κ3) is 6.83. The zero-order chi connectivity index (χ0) is 16.5. The van der Waals surface area contributed by atoms with Crippen molar-refractivity contribution in [3.63, 3.8) is 0 Å². The number of nitrogens with one attached hydrogen (secondary N) is 2. The number of non-ortho nitro benzene ring substituents is 1. The zero-order valence-electron chi connectivity index (χ0n) is 13.4. The normalized spacial score (nSPS) is 10.8. The Morgan fingerprint density at radius 3 is 2.58 bits per heavy atom. The Morgan fingerprint density at radius 2 is 2.00 bits per heavy atom. The topological polar surface area (TPSA) is 79.6 Å². The molecule has 1 aromatic heterocycles. The van der Waals surface area contributed by atoms with E-state index in [1.54, 1.807) is 23.5 Å². The number of aliphatic imine (C=N–C) groups is 1. The monoisotopic (exact) mass is 460 g/mol. The molecule has 0 atom stereocenters. The Hall–Kier alpha value is -1.68. The third-order valence-electron chi connectivity index (χ3n) is 3.16. The number of nitrogens with zero attached hydrogens (tertiary/aromatic N) is 2. The minimum absolute atomic E-state index is 0. The molecular formula is C16H21IN4O2S. The van der Waals surface area contributed by atoms with Gasteiger partial charge in [0.25, 0.3) is 5.69 Å². The molecule has 2 aromatic rings. The number of halogens is 1. The molecule has 0 saturated heterocycles. The van der Waals surface area contributed by atoms with E-state index in [4.69, 9.17) is 0 Å². The molecule has 6 nitrogen and oxygen atoms in total. The van der Waals surface area contributed by atoms with Crippen LogP contribution in [0.15, 0.2) is 46.8 Å². The van der Waals surface area contributed by atoms with E-state index in [9.17, 15) is 10.1 Å². The van der Waals surface area contributed by atoms with Gasteiger partial charge in [0.1, 0.15) is 0 Å². The molecular weight excluding hydrogens is 439 g/mol. The molecule has 0 amide bonds. The van der Waals surface area contributed by atoms with Gasteiger partial charge in [0.05, 0.1) is 11.5 Å². The molecule has 1 heterocycles. The molecule has 24 heavy (non-hydrogen) atoms. The van der Waals surface area contributed by atoms with E-state index in [2.05, 4.69) is 27.1 Å². The van der Waals surface area contributed by atoms with Gasteiger partial charge < -0.3 is 10.6 Å². The summed E-state index contributed by atoms with van der Waals surface area (Å²) >= 11 is 1.75. The van der Waals surface area contributed by atoms with E-state index in [1.165, 1.54) is 17.0 Å². The molecule has 0 spiro atoms. The largest absolute Gasteiger partial charge is 0.357 e. The summed E-state index contributed by atoms with van der Waals surface area (Å²) in [5, 5.41) is 19.2. The van der Waals surface area contributed by atoms with Crippen LogP contribution in [0.3, 0.4) is 0 Å². The lowest BCUT2D eigenvalue weighted by atomic mass is 10.2. The van der Waals surface area contributed by atoms with E-state index in [0.717, 1.165) is 31.0 Å². The highest BCUT2D eigenvalue weighted by molar-refractivity contribution is 14.0. The first-order valence-corrected chi connectivity index (χ1v) is 8.35. The van der Waals surface area contributed by atoms with Gasteiger partial charge in [-0.3, -0.25) is 10.1 Å². The minimum atomic E-state index is -0.400. The van der Waals surface area contributed by atoms with Gasteiger partial charge in [-0.1, -0.05) is 18.2 Å². The average molecular weight is 460 g/mol. The van der Waals surface area contributed by atoms with Crippen LogP contribution in [0.4, 0.5) is 5.69 Å². The van der Waals surface area contributed by atoms with Crippen LogP contribution in [0.25, 0.3) is 0 Å². The smallest absolute Gasteiger partial charge is 0.269 e. The van der Waals surface area contributed by atoms with Crippen molar-refractivity contribution in [3.05, 3.63) is 62.3 Å². The summed E-state index contributed by atoms with van der Waals surface area (Å²) < 4.78 is 0. The molecule has 0 aliphatic heterocycles. The molecule has 0 unspecified atom stereocenters. The average Bonchev–Trinajstić information content (AvgIpc) is 3.06. The summed E-state index contributed by atoms with van der Waals surface area (Å²) in [6.07, 6.45) is 0.958. The van der Waals surface area contributed by atoms with Crippen LogP contribution in [0, 0.1) is 10.1 Å². The number of rotatable bonds is 7. The number of thiophene rings is 1. The van der Waals surface area contributed by atoms with Gasteiger partial charge in [-0.25, -0.2) is 4.99 Å². The van der Waals surface area contributed by atoms with Crippen molar-refractivity contribution in [1.82, 2.24) is 10.6 Å². The Bertz CT molecular complexity index is 645. The first-order valence-electron chi connectivity index (χ1n) is 7.47. The molecule has 130 valence electrons. The number of nitro groups is 1. The summed E-state index contributed by atoms with van der Waals surface area (Å²) in [5.41, 5.74) is 1.03. The van der Waals surface area contributed by atoms with Gasteiger partial charge in [-0.05, 0) is 30.4 Å². The van der Waals surface area contributed by atoms with Crippen molar-refractivity contribution in [2.24, 2.45) is 4.99 Å². The highest BCUT2D eigenvalue weighted by Gasteiger charge is 2.04. The lowest BCUT2D eigenvalue weighted by Crippen LogP contribution is -2.38. The second kappa shape index (κ2) is 11.0. The quantitative estimate of drug-likeness (QED) is 0.218. The Kier molecular flexibility index (Phi) is 9.31. The second-order valence-corrected chi connectivity index (χ2v) is 5.91. The fourth-order valence-electron chi connectivity index (χ4n) is 1.99. The molecule has 2 rings (SSSR count). The molecule has 0 fully saturated rings. The van der Waals surface area contributed by atoms with Crippen LogP contribution in [-0.4, -0.2) is 24.0 Å². The van der Waals surface area contributed by atoms with E-state index in [-0.39, 0.29) is 29.7 Å². The van der Waals surface area contributed by atoms with Crippen molar-refractivity contribution in [1.29, 1.82) is 0 Å². The van der Waals surface area contributed by atoms with E-state index < -0.39 is 4.92 Å². The fourth-order valence-corrected chi connectivity index (χ4v) is 2.70. The number of hydrogen-bond acceptors (Lipinski definition) is 4. The highest BCUT2D eigenvalue weighted by Crippen LogP contribution is 2.12. The maximum absolute atomic E-state index is 10.6. The molecule has 8 heteroatoms. The first kappa shape index (κ1) is 20.4. The summed E-state index contributed by atoms with van der Waals surface area (Å²) in [4.78, 5) is 16.1. The highest BCUT2D eigenvalue weighted by atomic mass is 127. The molecule has 1 aromatic carbocycles. The summed E-state index contributed by atoms with van der Waals surface area (Å²) in [7, 11) is 0. The van der Waals surface area contributed by atoms with Crippen molar-refractivity contribution >= 4 is 47.0 Å². The van der Waals surface area contributed by atoms with Gasteiger partial charge >= 0.3 is 0 Å². The second-order valence-electron chi connectivity index (χ2n) is 4.87. The molecule has 0 bridgehead atoms. The van der Waals surface area contributed by atoms with Gasteiger partial charge in [0, 0.05) is 30.1 Å². The fraction of sp³-hybridized carbons (Fsp3) is 0.312. The SMILES string of the molecule is CCNC(=NCc1ccc([N+](=O)[O-])cc1)NCCc1cccs1.I. The Morgan fingerprint density at radius 1 is 1.25 bits per heavy atom. The van der Waals surface area contributed by atoms with Crippen molar-refractivity contribution in [2.75, 3.05) is 13.1 Å². The van der Waals surface area contributed by atoms with E-state index in [1.807, 2.05) is 13.0 Å². The number of nitro benzene ring substituents is 1. The van der Waals surface area contributed by atoms with Gasteiger partial charge in [0.2, 0.25) is 0 Å². The minimum Gasteiger partial charge on any atom is -0.357 e. The predicted molar refractivity (Wildman–Crippen MR) is 109 cm³/mol. The first-order chi connectivity index (χ1) is 11.2. The third-order valence-corrected chi connectivity index (χ3v) is 4.09. The lowest BCUT2D eigenvalue weighted by molar-refractivity contribution is -0.384. The maximum Gasteiger partial charge on any atom is 0.269 e. The standard InChI is InChI=1S/C16H20N4O2S.HI/c1-2-17-16(18-10-9-15-4-3-11-23-15)19-12-13-5-7-14(8-6-13)20(21)22;/h3-8,11H,2,9-10,12H2,1H3,(H2,17,18,19);1H. The zero-order valence-corrected chi connectivity index (χ0v) is 16.5. The van der Waals surface area contributed by atoms with Gasteiger partial charge in [0.15, 0.2) is 5.96 Å². The Balaban J connectivity index is 0.00000288. The lowest BCUT2D eigenvalue weighted by Gasteiger charge is -2.10. The number of hydrogen-bond donors (Lipinski definition) is 2. The van der Waals surface area contributed by atoms with Crippen molar-refractivity contribution in [3.8, 4) is 0 Å². The van der Waals surface area contributed by atoms with Gasteiger partial charge in [-0.2, -0.15) is 0 Å². The summed E-state index contributed by atoms with van der Waals surface area (Å²) in [6, 6.07) is 10.6. The van der Waals surface area contributed by atoms with E-state index >= 15 is 0 Å². The van der Waals surface area contributed by atoms with Crippen LogP contribution in [0.5, 0.6) is 0 Å². The molecule has 2 N–H and O–H groups in total. The molecule has 0 aliphatic rings. The van der Waals surface area contributed by atoms with Crippen molar-refractivity contribution in [2.45, 2.75) is 19.9 Å². The maximum atomic E-state index is 10.6. The Labute approximate surface area is 162 Å². The van der Waals surface area contributed by atoms with Gasteiger partial charge in [-0.15, -0.1) is 35.3 Å². The van der Waals surface area contributed by atoms with Crippen LogP contribution < -0.4 is 10.6 Å².